The zero-order chi connectivity index (χ0) is 16.5. The van der Waals surface area contributed by atoms with Crippen LogP contribution in [-0.2, 0) is 4.79 Å². The lowest BCUT2D eigenvalue weighted by Crippen LogP contribution is -2.24. The first-order valence-corrected chi connectivity index (χ1v) is 7.89. The van der Waals surface area contributed by atoms with Crippen molar-refractivity contribution < 1.29 is 9.32 Å². The normalized spacial score (nSPS) is 17.5. The molecule has 1 aromatic carbocycles. The molecule has 0 saturated carbocycles. The first kappa shape index (κ1) is 14.8. The lowest BCUT2D eigenvalue weighted by molar-refractivity contribution is -0.117. The monoisotopic (exact) mass is 340 g/mol. The van der Waals surface area contributed by atoms with Crippen LogP contribution < -0.4 is 4.90 Å². The van der Waals surface area contributed by atoms with Crippen molar-refractivity contribution in [2.24, 2.45) is 0 Å². The van der Waals surface area contributed by atoms with Gasteiger partial charge in [-0.15, -0.1) is 0 Å². The molecule has 1 atom stereocenters. The summed E-state index contributed by atoms with van der Waals surface area (Å²) >= 11 is 6.01. The van der Waals surface area contributed by atoms with E-state index in [4.69, 9.17) is 16.1 Å². The molecule has 120 valence electrons. The number of aromatic nitrogens is 3. The Bertz CT molecular complexity index is 881. The van der Waals surface area contributed by atoms with Crippen LogP contribution in [0.25, 0.3) is 11.5 Å². The number of halogens is 1. The van der Waals surface area contributed by atoms with E-state index in [-0.39, 0.29) is 11.8 Å². The minimum atomic E-state index is -0.138. The summed E-state index contributed by atoms with van der Waals surface area (Å²) in [6, 6.07) is 12.7. The molecule has 4 rings (SSSR count). The summed E-state index contributed by atoms with van der Waals surface area (Å²) in [5.41, 5.74) is 1.42. The summed E-state index contributed by atoms with van der Waals surface area (Å²) in [5, 5.41) is 4.56. The van der Waals surface area contributed by atoms with Gasteiger partial charge in [0.05, 0.1) is 5.92 Å². The molecular weight excluding hydrogens is 328 g/mol. The van der Waals surface area contributed by atoms with Gasteiger partial charge in [-0.3, -0.25) is 9.78 Å². The first-order chi connectivity index (χ1) is 11.7. The number of benzene rings is 1. The Kier molecular flexibility index (Phi) is 3.74. The molecule has 2 aromatic heterocycles. The SMILES string of the molecule is O=C1CC(c2nc(-c3ccccn3)no2)CN1c1cccc(Cl)c1. The fraction of sp³-hybridized carbons (Fsp3) is 0.176. The Morgan fingerprint density at radius 1 is 1.21 bits per heavy atom. The Morgan fingerprint density at radius 3 is 2.92 bits per heavy atom. The number of carbonyl (C=O) groups is 1. The third kappa shape index (κ3) is 2.76. The summed E-state index contributed by atoms with van der Waals surface area (Å²) in [6.45, 7) is 0.489. The quantitative estimate of drug-likeness (QED) is 0.731. The fourth-order valence-electron chi connectivity index (χ4n) is 2.77. The molecule has 0 N–H and O–H groups in total. The molecule has 3 aromatic rings. The van der Waals surface area contributed by atoms with E-state index in [0.717, 1.165) is 5.69 Å². The molecule has 0 bridgehead atoms. The second kappa shape index (κ2) is 6.05. The van der Waals surface area contributed by atoms with Crippen LogP contribution in [0.4, 0.5) is 5.69 Å². The van der Waals surface area contributed by atoms with E-state index in [0.29, 0.717) is 35.4 Å². The summed E-state index contributed by atoms with van der Waals surface area (Å²) in [5.74, 6) is 0.758. The number of hydrogen-bond donors (Lipinski definition) is 0. The minimum Gasteiger partial charge on any atom is -0.339 e. The van der Waals surface area contributed by atoms with Crippen molar-refractivity contribution in [1.82, 2.24) is 15.1 Å². The third-order valence-corrected chi connectivity index (χ3v) is 4.16. The highest BCUT2D eigenvalue weighted by Crippen LogP contribution is 2.32. The number of rotatable bonds is 3. The number of hydrogen-bond acceptors (Lipinski definition) is 5. The lowest BCUT2D eigenvalue weighted by Gasteiger charge is -2.16. The summed E-state index contributed by atoms with van der Waals surface area (Å²) in [7, 11) is 0. The Labute approximate surface area is 143 Å². The van der Waals surface area contributed by atoms with Crippen LogP contribution in [0.2, 0.25) is 5.02 Å². The van der Waals surface area contributed by atoms with Crippen molar-refractivity contribution in [3.05, 3.63) is 59.6 Å². The standard InChI is InChI=1S/C17H13ClN4O2/c18-12-4-3-5-13(9-12)22-10-11(8-15(22)23)17-20-16(21-24-17)14-6-1-2-7-19-14/h1-7,9,11H,8,10H2. The molecule has 7 heteroatoms. The van der Waals surface area contributed by atoms with Gasteiger partial charge in [-0.1, -0.05) is 28.9 Å². The maximum atomic E-state index is 12.3. The minimum absolute atomic E-state index is 0.0138. The molecular formula is C17H13ClN4O2. The molecule has 1 fully saturated rings. The van der Waals surface area contributed by atoms with Crippen molar-refractivity contribution in [2.75, 3.05) is 11.4 Å². The molecule has 1 aliphatic heterocycles. The van der Waals surface area contributed by atoms with Crippen molar-refractivity contribution in [1.29, 1.82) is 0 Å². The molecule has 1 aliphatic rings. The van der Waals surface area contributed by atoms with Gasteiger partial charge >= 0.3 is 0 Å². The van der Waals surface area contributed by atoms with Gasteiger partial charge in [0, 0.05) is 29.9 Å². The van der Waals surface area contributed by atoms with E-state index in [2.05, 4.69) is 15.1 Å². The Morgan fingerprint density at radius 2 is 2.12 bits per heavy atom. The molecule has 1 unspecified atom stereocenters. The van der Waals surface area contributed by atoms with Crippen molar-refractivity contribution in [3.8, 4) is 11.5 Å². The Balaban J connectivity index is 1.56. The van der Waals surface area contributed by atoms with E-state index in [1.165, 1.54) is 0 Å². The van der Waals surface area contributed by atoms with Crippen molar-refractivity contribution in [2.45, 2.75) is 12.3 Å². The lowest BCUT2D eigenvalue weighted by atomic mass is 10.1. The van der Waals surface area contributed by atoms with Gasteiger partial charge in [-0.2, -0.15) is 4.98 Å². The second-order valence-corrected chi connectivity index (χ2v) is 5.99. The van der Waals surface area contributed by atoms with Crippen LogP contribution in [0.15, 0.2) is 53.2 Å². The van der Waals surface area contributed by atoms with Crippen LogP contribution in [0.1, 0.15) is 18.2 Å². The van der Waals surface area contributed by atoms with Crippen LogP contribution >= 0.6 is 11.6 Å². The topological polar surface area (TPSA) is 72.1 Å². The number of carbonyl (C=O) groups excluding carboxylic acids is 1. The van der Waals surface area contributed by atoms with Gasteiger partial charge in [-0.05, 0) is 30.3 Å². The maximum absolute atomic E-state index is 12.3. The number of amides is 1. The number of anilines is 1. The maximum Gasteiger partial charge on any atom is 0.232 e. The van der Waals surface area contributed by atoms with Crippen molar-refractivity contribution >= 4 is 23.2 Å². The average molecular weight is 341 g/mol. The predicted octanol–water partition coefficient (Wildman–Crippen LogP) is 3.31. The van der Waals surface area contributed by atoms with Gasteiger partial charge in [0.15, 0.2) is 0 Å². The van der Waals surface area contributed by atoms with Crippen LogP contribution in [-0.4, -0.2) is 27.6 Å². The van der Waals surface area contributed by atoms with Crippen molar-refractivity contribution in [3.63, 3.8) is 0 Å². The van der Waals surface area contributed by atoms with E-state index in [1.807, 2.05) is 30.3 Å². The molecule has 1 amide bonds. The molecule has 3 heterocycles. The summed E-state index contributed by atoms with van der Waals surface area (Å²) < 4.78 is 5.35. The number of nitrogens with zero attached hydrogens (tertiary/aromatic N) is 4. The molecule has 0 spiro atoms. The van der Waals surface area contributed by atoms with E-state index in [1.54, 1.807) is 23.2 Å². The van der Waals surface area contributed by atoms with Crippen LogP contribution in [0.3, 0.4) is 0 Å². The smallest absolute Gasteiger partial charge is 0.232 e. The summed E-state index contributed by atoms with van der Waals surface area (Å²) in [4.78, 5) is 22.6. The highest BCUT2D eigenvalue weighted by Gasteiger charge is 2.35. The van der Waals surface area contributed by atoms with Gasteiger partial charge < -0.3 is 9.42 Å². The molecule has 0 aliphatic carbocycles. The molecule has 0 radical (unpaired) electrons. The fourth-order valence-corrected chi connectivity index (χ4v) is 2.95. The molecule has 24 heavy (non-hydrogen) atoms. The van der Waals surface area contributed by atoms with E-state index >= 15 is 0 Å². The average Bonchev–Trinajstić information content (AvgIpc) is 3.22. The molecule has 1 saturated heterocycles. The van der Waals surface area contributed by atoms with E-state index in [9.17, 15) is 4.79 Å². The van der Waals surface area contributed by atoms with Gasteiger partial charge in [0.2, 0.25) is 17.6 Å². The van der Waals surface area contributed by atoms with Gasteiger partial charge in [-0.25, -0.2) is 0 Å². The van der Waals surface area contributed by atoms with Gasteiger partial charge in [0.25, 0.3) is 0 Å². The van der Waals surface area contributed by atoms with Crippen LogP contribution in [0, 0.1) is 0 Å². The molecule has 6 nitrogen and oxygen atoms in total. The zero-order valence-electron chi connectivity index (χ0n) is 12.6. The number of pyridine rings is 1. The van der Waals surface area contributed by atoms with E-state index < -0.39 is 0 Å². The third-order valence-electron chi connectivity index (χ3n) is 3.93. The van der Waals surface area contributed by atoms with Gasteiger partial charge in [0.1, 0.15) is 5.69 Å². The predicted molar refractivity (Wildman–Crippen MR) is 88.7 cm³/mol. The zero-order valence-corrected chi connectivity index (χ0v) is 13.3. The summed E-state index contributed by atoms with van der Waals surface area (Å²) in [6.07, 6.45) is 2.00. The van der Waals surface area contributed by atoms with Crippen LogP contribution in [0.5, 0.6) is 0 Å². The first-order valence-electron chi connectivity index (χ1n) is 7.51. The highest BCUT2D eigenvalue weighted by atomic mass is 35.5. The second-order valence-electron chi connectivity index (χ2n) is 5.56. The Hall–Kier alpha value is -2.73. The highest BCUT2D eigenvalue weighted by molar-refractivity contribution is 6.30. The largest absolute Gasteiger partial charge is 0.339 e.